The van der Waals surface area contributed by atoms with Gasteiger partial charge in [0.25, 0.3) is 10.0 Å². The van der Waals surface area contributed by atoms with Gasteiger partial charge < -0.3 is 19.6 Å². The fraction of sp³-hybridized carbons (Fsp3) is 0.208. The molecule has 3 aromatic carbocycles. The Morgan fingerprint density at radius 1 is 0.941 bits per heavy atom. The van der Waals surface area contributed by atoms with Gasteiger partial charge in [-0.1, -0.05) is 18.2 Å². The summed E-state index contributed by atoms with van der Waals surface area (Å²) in [5.41, 5.74) is 1.57. The van der Waals surface area contributed by atoms with Gasteiger partial charge in [0.15, 0.2) is 0 Å². The average Bonchev–Trinajstić information content (AvgIpc) is 2.84. The van der Waals surface area contributed by atoms with E-state index >= 15 is 0 Å². The van der Waals surface area contributed by atoms with Gasteiger partial charge in [0.05, 0.1) is 34.6 Å². The molecule has 10 heteroatoms. The van der Waals surface area contributed by atoms with Crippen LogP contribution in [0.2, 0.25) is 0 Å². The summed E-state index contributed by atoms with van der Waals surface area (Å²) in [5.74, 6) is -1.10. The van der Waals surface area contributed by atoms with E-state index in [1.807, 2.05) is 29.2 Å². The van der Waals surface area contributed by atoms with Crippen LogP contribution in [0.1, 0.15) is 10.4 Å². The monoisotopic (exact) mass is 485 g/mol. The molecule has 1 aliphatic rings. The second-order valence-corrected chi connectivity index (χ2v) is 9.43. The molecule has 1 heterocycles. The van der Waals surface area contributed by atoms with E-state index in [-0.39, 0.29) is 16.1 Å². The average molecular weight is 486 g/mol. The summed E-state index contributed by atoms with van der Waals surface area (Å²) in [4.78, 5) is 15.4. The van der Waals surface area contributed by atoms with Gasteiger partial charge >= 0.3 is 5.97 Å². The van der Waals surface area contributed by atoms with Crippen LogP contribution in [0.25, 0.3) is 0 Å². The van der Waals surface area contributed by atoms with Gasteiger partial charge in [0.1, 0.15) is 11.6 Å². The molecular formula is C24H24FN3O5S. The minimum atomic E-state index is -4.14. The molecule has 178 valence electrons. The maximum absolute atomic E-state index is 13.6. The highest BCUT2D eigenvalue weighted by atomic mass is 32.2. The van der Waals surface area contributed by atoms with E-state index in [1.165, 1.54) is 24.3 Å². The molecule has 0 bridgehead atoms. The number of nitrogens with zero attached hydrogens (tertiary/aromatic N) is 2. The van der Waals surface area contributed by atoms with Crippen molar-refractivity contribution in [2.24, 2.45) is 0 Å². The fourth-order valence-corrected chi connectivity index (χ4v) is 5.04. The number of hydrogen-bond donors (Lipinski definition) is 2. The van der Waals surface area contributed by atoms with E-state index in [0.29, 0.717) is 31.9 Å². The molecule has 2 N–H and O–H groups in total. The van der Waals surface area contributed by atoms with E-state index in [2.05, 4.69) is 9.62 Å². The SMILES string of the molecule is COc1ccccc1N1CCN(c2ccc(C(=O)O)cc2NS(=O)(=O)c2cccc(F)c2)CC1. The zero-order valence-corrected chi connectivity index (χ0v) is 19.3. The quantitative estimate of drug-likeness (QED) is 0.527. The lowest BCUT2D eigenvalue weighted by atomic mass is 10.1. The van der Waals surface area contributed by atoms with Crippen LogP contribution in [0.4, 0.5) is 21.5 Å². The van der Waals surface area contributed by atoms with Crippen molar-refractivity contribution < 1.29 is 27.4 Å². The number of methoxy groups -OCH3 is 1. The lowest BCUT2D eigenvalue weighted by Crippen LogP contribution is -2.46. The van der Waals surface area contributed by atoms with E-state index in [9.17, 15) is 22.7 Å². The molecule has 0 spiro atoms. The zero-order valence-electron chi connectivity index (χ0n) is 18.4. The Balaban J connectivity index is 1.61. The molecule has 0 radical (unpaired) electrons. The second kappa shape index (κ2) is 9.60. The predicted molar refractivity (Wildman–Crippen MR) is 128 cm³/mol. The number of anilines is 3. The van der Waals surface area contributed by atoms with Crippen molar-refractivity contribution in [1.29, 1.82) is 0 Å². The maximum Gasteiger partial charge on any atom is 0.335 e. The largest absolute Gasteiger partial charge is 0.495 e. The smallest absolute Gasteiger partial charge is 0.335 e. The van der Waals surface area contributed by atoms with Gasteiger partial charge in [0, 0.05) is 26.2 Å². The topological polar surface area (TPSA) is 99.2 Å². The first-order chi connectivity index (χ1) is 16.3. The third kappa shape index (κ3) is 4.91. The van der Waals surface area contributed by atoms with Crippen molar-refractivity contribution >= 4 is 33.1 Å². The molecule has 1 saturated heterocycles. The van der Waals surface area contributed by atoms with Crippen molar-refractivity contribution in [3.05, 3.63) is 78.1 Å². The number of carboxylic acid groups (broad SMARTS) is 1. The molecule has 4 rings (SSSR count). The molecule has 8 nitrogen and oxygen atoms in total. The summed E-state index contributed by atoms with van der Waals surface area (Å²) in [6.45, 7) is 2.44. The summed E-state index contributed by atoms with van der Waals surface area (Å²) in [6, 6.07) is 16.7. The molecule has 0 aliphatic carbocycles. The van der Waals surface area contributed by atoms with Crippen LogP contribution in [0.5, 0.6) is 5.75 Å². The second-order valence-electron chi connectivity index (χ2n) is 7.75. The highest BCUT2D eigenvalue weighted by Gasteiger charge is 2.24. The molecule has 1 fully saturated rings. The molecule has 1 aliphatic heterocycles. The standard InChI is InChI=1S/C24H24FN3O5S/c1-33-23-8-3-2-7-22(23)28-13-11-27(12-14-28)21-10-9-17(24(29)30)15-20(21)26-34(31,32)19-6-4-5-18(25)16-19/h2-10,15-16,26H,11-14H2,1H3,(H,29,30). The number of carboxylic acids is 1. The summed E-state index contributed by atoms with van der Waals surface area (Å²) in [5, 5.41) is 9.41. The van der Waals surface area contributed by atoms with Crippen molar-refractivity contribution in [2.75, 3.05) is 47.8 Å². The molecule has 34 heavy (non-hydrogen) atoms. The molecule has 0 aromatic heterocycles. The highest BCUT2D eigenvalue weighted by molar-refractivity contribution is 7.92. The first-order valence-electron chi connectivity index (χ1n) is 10.6. The Hall–Kier alpha value is -3.79. The summed E-state index contributed by atoms with van der Waals surface area (Å²) < 4.78 is 47.3. The number of aromatic carboxylic acids is 1. The van der Waals surface area contributed by atoms with E-state index in [0.717, 1.165) is 23.6 Å². The Labute approximate surface area is 197 Å². The van der Waals surface area contributed by atoms with Crippen LogP contribution in [0, 0.1) is 5.82 Å². The number of halogens is 1. The number of ether oxygens (including phenoxy) is 1. The highest BCUT2D eigenvalue weighted by Crippen LogP contribution is 2.33. The summed E-state index contributed by atoms with van der Waals surface area (Å²) in [6.07, 6.45) is 0. The third-order valence-electron chi connectivity index (χ3n) is 5.64. The van der Waals surface area contributed by atoms with Gasteiger partial charge in [-0.15, -0.1) is 0 Å². The van der Waals surface area contributed by atoms with Gasteiger partial charge in [-0.3, -0.25) is 4.72 Å². The van der Waals surface area contributed by atoms with Crippen molar-refractivity contribution in [2.45, 2.75) is 4.90 Å². The number of nitrogens with one attached hydrogen (secondary N) is 1. The number of rotatable bonds is 7. The predicted octanol–water partition coefficient (Wildman–Crippen LogP) is 3.66. The van der Waals surface area contributed by atoms with Crippen LogP contribution < -0.4 is 19.3 Å². The Kier molecular flexibility index (Phi) is 6.60. The van der Waals surface area contributed by atoms with Crippen LogP contribution >= 0.6 is 0 Å². The number of benzene rings is 3. The van der Waals surface area contributed by atoms with Crippen LogP contribution in [0.3, 0.4) is 0 Å². The number of carbonyl (C=O) groups is 1. The number of hydrogen-bond acceptors (Lipinski definition) is 6. The third-order valence-corrected chi connectivity index (χ3v) is 7.00. The van der Waals surface area contributed by atoms with Gasteiger partial charge in [-0.2, -0.15) is 0 Å². The summed E-state index contributed by atoms with van der Waals surface area (Å²) >= 11 is 0. The van der Waals surface area contributed by atoms with Crippen molar-refractivity contribution in [3.63, 3.8) is 0 Å². The fourth-order valence-electron chi connectivity index (χ4n) is 3.94. The van der Waals surface area contributed by atoms with Crippen molar-refractivity contribution in [1.82, 2.24) is 0 Å². The Morgan fingerprint density at radius 2 is 1.62 bits per heavy atom. The van der Waals surface area contributed by atoms with Gasteiger partial charge in [-0.25, -0.2) is 17.6 Å². The van der Waals surface area contributed by atoms with Crippen LogP contribution in [-0.2, 0) is 10.0 Å². The molecular weight excluding hydrogens is 461 g/mol. The lowest BCUT2D eigenvalue weighted by Gasteiger charge is -2.38. The van der Waals surface area contributed by atoms with Gasteiger partial charge in [-0.05, 0) is 48.5 Å². The minimum Gasteiger partial charge on any atom is -0.495 e. The van der Waals surface area contributed by atoms with E-state index in [1.54, 1.807) is 13.2 Å². The van der Waals surface area contributed by atoms with Gasteiger partial charge in [0.2, 0.25) is 0 Å². The molecule has 0 amide bonds. The van der Waals surface area contributed by atoms with Crippen LogP contribution in [0.15, 0.2) is 71.6 Å². The van der Waals surface area contributed by atoms with E-state index < -0.39 is 21.8 Å². The van der Waals surface area contributed by atoms with E-state index in [4.69, 9.17) is 4.74 Å². The molecule has 0 unspecified atom stereocenters. The molecule has 0 saturated carbocycles. The first kappa shape index (κ1) is 23.4. The van der Waals surface area contributed by atoms with Crippen molar-refractivity contribution in [3.8, 4) is 5.75 Å². The Morgan fingerprint density at radius 3 is 2.26 bits per heavy atom. The number of sulfonamides is 1. The molecule has 3 aromatic rings. The number of para-hydroxylation sites is 2. The maximum atomic E-state index is 13.6. The summed E-state index contributed by atoms with van der Waals surface area (Å²) in [7, 11) is -2.52. The normalized spacial score (nSPS) is 14.1. The molecule has 0 atom stereocenters. The Bertz CT molecular complexity index is 1310. The zero-order chi connectivity index (χ0) is 24.3. The first-order valence-corrected chi connectivity index (χ1v) is 12.1. The van der Waals surface area contributed by atoms with Crippen LogP contribution in [-0.4, -0.2) is 52.8 Å². The number of piperazine rings is 1. The lowest BCUT2D eigenvalue weighted by molar-refractivity contribution is 0.0697. The minimum absolute atomic E-state index is 0.0617.